The molecule has 2 heteroatoms. The van der Waals surface area contributed by atoms with Gasteiger partial charge in [-0.05, 0) is 69.4 Å². The Bertz CT molecular complexity index is 404. The van der Waals surface area contributed by atoms with Gasteiger partial charge in [-0.25, -0.2) is 0 Å². The normalized spacial score (nSPS) is 10.4. The molecule has 0 saturated carbocycles. The maximum atomic E-state index is 12.0. The first-order valence-electron chi connectivity index (χ1n) is 5.56. The van der Waals surface area contributed by atoms with Crippen molar-refractivity contribution in [3.8, 4) is 0 Å². The predicted octanol–water partition coefficient (Wildman–Crippen LogP) is 2.79. The van der Waals surface area contributed by atoms with Crippen LogP contribution in [0.1, 0.15) is 38.2 Å². The first-order chi connectivity index (χ1) is 7.41. The topological polar surface area (TPSA) is 29.1 Å². The average Bonchev–Trinajstić information content (AvgIpc) is 2.24. The second-order valence-corrected chi connectivity index (χ2v) is 4.26. The molecule has 0 aliphatic rings. The Morgan fingerprint density at radius 1 is 0.938 bits per heavy atom. The quantitative estimate of drug-likeness (QED) is 0.812. The van der Waals surface area contributed by atoms with Crippen LogP contribution in [0.15, 0.2) is 0 Å². The molecule has 1 rings (SSSR count). The van der Waals surface area contributed by atoms with Gasteiger partial charge in [0.25, 0.3) is 5.91 Å². The smallest absolute Gasteiger partial charge is 0.251 e. The summed E-state index contributed by atoms with van der Waals surface area (Å²) >= 11 is 0. The van der Waals surface area contributed by atoms with E-state index in [-0.39, 0.29) is 5.91 Å². The van der Waals surface area contributed by atoms with Crippen molar-refractivity contribution < 1.29 is 4.79 Å². The Hall–Kier alpha value is -1.31. The largest absolute Gasteiger partial charge is 0.352 e. The lowest BCUT2D eigenvalue weighted by molar-refractivity contribution is 0.0956. The van der Waals surface area contributed by atoms with Crippen LogP contribution < -0.4 is 5.32 Å². The molecule has 0 unspecified atom stereocenters. The molecule has 16 heavy (non-hydrogen) atoms. The minimum atomic E-state index is -0.0174. The molecule has 0 aromatic heterocycles. The van der Waals surface area contributed by atoms with Gasteiger partial charge >= 0.3 is 0 Å². The van der Waals surface area contributed by atoms with Gasteiger partial charge in [0, 0.05) is 12.1 Å². The Kier molecular flexibility index (Phi) is 3.74. The molecule has 87 valence electrons. The van der Waals surface area contributed by atoms with E-state index in [1.807, 2.05) is 13.8 Å². The fourth-order valence-corrected chi connectivity index (χ4v) is 2.04. The number of nitrogens with one attached hydrogen (secondary N) is 1. The number of hydrogen-bond donors (Lipinski definition) is 1. The van der Waals surface area contributed by atoms with Crippen LogP contribution in [-0.2, 0) is 0 Å². The summed E-state index contributed by atoms with van der Waals surface area (Å²) in [5, 5.41) is 2.77. The van der Waals surface area contributed by atoms with Gasteiger partial charge in [-0.2, -0.15) is 0 Å². The lowest BCUT2D eigenvalue weighted by atomic mass is 9.89. The zero-order valence-electron chi connectivity index (χ0n) is 10.8. The number of hydrogen-bond acceptors (Lipinski definition) is 1. The van der Waals surface area contributed by atoms with Gasteiger partial charge < -0.3 is 5.32 Å². The maximum Gasteiger partial charge on any atom is 0.251 e. The number of rotatable bonds is 2. The highest BCUT2D eigenvalue weighted by Gasteiger charge is 2.17. The van der Waals surface area contributed by atoms with E-state index in [0.717, 1.165) is 16.7 Å². The van der Waals surface area contributed by atoms with Crippen molar-refractivity contribution in [3.63, 3.8) is 0 Å². The third-order valence-corrected chi connectivity index (χ3v) is 3.51. The molecule has 1 N–H and O–H groups in total. The molecule has 0 spiro atoms. The first-order valence-corrected chi connectivity index (χ1v) is 5.56. The molecule has 0 aliphatic heterocycles. The van der Waals surface area contributed by atoms with E-state index in [4.69, 9.17) is 0 Å². The first kappa shape index (κ1) is 12.8. The highest BCUT2D eigenvalue weighted by atomic mass is 16.1. The molecule has 0 bridgehead atoms. The summed E-state index contributed by atoms with van der Waals surface area (Å²) in [5.41, 5.74) is 6.65. The van der Waals surface area contributed by atoms with Gasteiger partial charge in [0.05, 0.1) is 0 Å². The summed E-state index contributed by atoms with van der Waals surface area (Å²) in [6.07, 6.45) is 0. The third kappa shape index (κ3) is 1.97. The van der Waals surface area contributed by atoms with Crippen LogP contribution >= 0.6 is 0 Å². The summed E-state index contributed by atoms with van der Waals surface area (Å²) < 4.78 is 0. The van der Waals surface area contributed by atoms with Gasteiger partial charge in [0.2, 0.25) is 0 Å². The van der Waals surface area contributed by atoms with E-state index in [1.54, 1.807) is 0 Å². The summed E-state index contributed by atoms with van der Waals surface area (Å²) in [6, 6.07) is 0. The van der Waals surface area contributed by atoms with Crippen molar-refractivity contribution >= 4 is 5.91 Å². The Balaban J connectivity index is 3.45. The molecular weight excluding hydrogens is 198 g/mol. The molecular formula is C14H20NO. The Morgan fingerprint density at radius 3 is 1.69 bits per heavy atom. The standard InChI is InChI=1S/C14H20NO/c1-7-15-14(16)13-11(5)9(3)8(2)10(4)12(13)6/h1,7H2,2-6H3,(H,15,16). The molecule has 0 saturated heterocycles. The summed E-state index contributed by atoms with van der Waals surface area (Å²) in [6.45, 7) is 14.3. The van der Waals surface area contributed by atoms with Crippen LogP contribution in [0.4, 0.5) is 0 Å². The van der Waals surface area contributed by atoms with Crippen molar-refractivity contribution in [2.24, 2.45) is 0 Å². The zero-order valence-corrected chi connectivity index (χ0v) is 10.8. The monoisotopic (exact) mass is 218 g/mol. The van der Waals surface area contributed by atoms with E-state index >= 15 is 0 Å². The van der Waals surface area contributed by atoms with Crippen LogP contribution in [0.3, 0.4) is 0 Å². The van der Waals surface area contributed by atoms with E-state index in [0.29, 0.717) is 6.54 Å². The van der Waals surface area contributed by atoms with Crippen molar-refractivity contribution in [2.75, 3.05) is 6.54 Å². The van der Waals surface area contributed by atoms with Crippen molar-refractivity contribution in [1.82, 2.24) is 5.32 Å². The number of carbonyl (C=O) groups is 1. The molecule has 1 amide bonds. The van der Waals surface area contributed by atoms with Crippen LogP contribution in [0.2, 0.25) is 0 Å². The van der Waals surface area contributed by atoms with E-state index in [9.17, 15) is 4.79 Å². The highest BCUT2D eigenvalue weighted by Crippen LogP contribution is 2.25. The molecule has 1 aromatic carbocycles. The average molecular weight is 218 g/mol. The minimum Gasteiger partial charge on any atom is -0.352 e. The lowest BCUT2D eigenvalue weighted by Crippen LogP contribution is -2.25. The highest BCUT2D eigenvalue weighted by molar-refractivity contribution is 5.98. The molecule has 2 nitrogen and oxygen atoms in total. The van der Waals surface area contributed by atoms with Gasteiger partial charge in [-0.15, -0.1) is 0 Å². The minimum absolute atomic E-state index is 0.0174. The maximum absolute atomic E-state index is 12.0. The summed E-state index contributed by atoms with van der Waals surface area (Å²) in [7, 11) is 0. The van der Waals surface area contributed by atoms with E-state index in [2.05, 4.69) is 33.0 Å². The van der Waals surface area contributed by atoms with Crippen molar-refractivity contribution in [1.29, 1.82) is 0 Å². The SMILES string of the molecule is [CH2]CNC(=O)c1c(C)c(C)c(C)c(C)c1C. The van der Waals surface area contributed by atoms with Crippen molar-refractivity contribution in [2.45, 2.75) is 34.6 Å². The van der Waals surface area contributed by atoms with Gasteiger partial charge in [-0.3, -0.25) is 4.79 Å². The third-order valence-electron chi connectivity index (χ3n) is 3.51. The van der Waals surface area contributed by atoms with Crippen LogP contribution in [0.25, 0.3) is 0 Å². The molecule has 0 aliphatic carbocycles. The van der Waals surface area contributed by atoms with Gasteiger partial charge in [-0.1, -0.05) is 0 Å². The van der Waals surface area contributed by atoms with Gasteiger partial charge in [0.15, 0.2) is 0 Å². The second kappa shape index (κ2) is 4.69. The van der Waals surface area contributed by atoms with E-state index < -0.39 is 0 Å². The second-order valence-electron chi connectivity index (χ2n) is 4.26. The molecule has 0 heterocycles. The number of carbonyl (C=O) groups excluding carboxylic acids is 1. The van der Waals surface area contributed by atoms with Crippen LogP contribution in [-0.4, -0.2) is 12.5 Å². The fourth-order valence-electron chi connectivity index (χ4n) is 2.04. The summed E-state index contributed by atoms with van der Waals surface area (Å²) in [5.74, 6) is -0.0174. The molecule has 0 atom stereocenters. The van der Waals surface area contributed by atoms with Crippen molar-refractivity contribution in [3.05, 3.63) is 40.3 Å². The fraction of sp³-hybridized carbons (Fsp3) is 0.429. The molecule has 1 radical (unpaired) electrons. The predicted molar refractivity (Wildman–Crippen MR) is 67.8 cm³/mol. The Morgan fingerprint density at radius 2 is 1.31 bits per heavy atom. The van der Waals surface area contributed by atoms with Gasteiger partial charge in [0.1, 0.15) is 0 Å². The van der Waals surface area contributed by atoms with E-state index in [1.165, 1.54) is 16.7 Å². The Labute approximate surface area is 98.1 Å². The van der Waals surface area contributed by atoms with Crippen LogP contribution in [0, 0.1) is 41.5 Å². The number of amides is 1. The van der Waals surface area contributed by atoms with Crippen LogP contribution in [0.5, 0.6) is 0 Å². The number of benzene rings is 1. The molecule has 0 fully saturated rings. The zero-order chi connectivity index (χ0) is 12.5. The summed E-state index contributed by atoms with van der Waals surface area (Å²) in [4.78, 5) is 12.0. The molecule has 1 aromatic rings. The lowest BCUT2D eigenvalue weighted by Gasteiger charge is -2.17.